The van der Waals surface area contributed by atoms with Crippen LogP contribution in [0.5, 0.6) is 0 Å². The van der Waals surface area contributed by atoms with Crippen molar-refractivity contribution in [1.82, 2.24) is 14.8 Å². The Kier molecular flexibility index (Phi) is 3.86. The standard InChI is InChI=1S/C14H12N4O2S2/c19-22(20,13-7-2-1-3-8-13)17-11-5-4-6-12(9-11)18-10-15-16-14(18)21/h1-10,17H,(H,16,21). The normalized spacial score (nSPS) is 11.3. The van der Waals surface area contributed by atoms with Crippen molar-refractivity contribution in [2.24, 2.45) is 0 Å². The summed E-state index contributed by atoms with van der Waals surface area (Å²) >= 11 is 4.19. The van der Waals surface area contributed by atoms with E-state index in [0.29, 0.717) is 16.5 Å². The summed E-state index contributed by atoms with van der Waals surface area (Å²) in [5, 5.41) is 7.95. The maximum absolute atomic E-state index is 12.3. The average Bonchev–Trinajstić information content (AvgIpc) is 2.94. The van der Waals surface area contributed by atoms with Crippen LogP contribution in [0.25, 0.3) is 5.69 Å². The first kappa shape index (κ1) is 14.6. The predicted octanol–water partition coefficient (Wildman–Crippen LogP) is 2.36. The largest absolute Gasteiger partial charge is 0.280 e. The molecular formula is C14H12N4O2S2. The molecule has 0 unspecified atom stereocenters. The third-order valence-corrected chi connectivity index (χ3v) is 4.66. The molecule has 0 aliphatic rings. The third kappa shape index (κ3) is 2.97. The fourth-order valence-electron chi connectivity index (χ4n) is 1.94. The van der Waals surface area contributed by atoms with Gasteiger partial charge in [0.05, 0.1) is 16.3 Å². The molecule has 1 N–H and O–H groups in total. The second-order valence-corrected chi connectivity index (χ2v) is 6.55. The molecular weight excluding hydrogens is 320 g/mol. The maximum Gasteiger partial charge on any atom is 0.261 e. The van der Waals surface area contributed by atoms with Crippen LogP contribution in [-0.4, -0.2) is 23.2 Å². The molecule has 0 aliphatic carbocycles. The lowest BCUT2D eigenvalue weighted by atomic mass is 10.3. The molecule has 8 heteroatoms. The minimum atomic E-state index is -3.62. The van der Waals surface area contributed by atoms with Crippen molar-refractivity contribution in [3.63, 3.8) is 0 Å². The van der Waals surface area contributed by atoms with Crippen molar-refractivity contribution in [2.75, 3.05) is 4.72 Å². The van der Waals surface area contributed by atoms with Crippen LogP contribution in [0.15, 0.2) is 71.0 Å². The molecule has 0 atom stereocenters. The number of sulfonamides is 1. The number of anilines is 1. The summed E-state index contributed by atoms with van der Waals surface area (Å²) in [7, 11) is -3.62. The quantitative estimate of drug-likeness (QED) is 0.719. The highest BCUT2D eigenvalue weighted by molar-refractivity contribution is 7.92. The van der Waals surface area contributed by atoms with Crippen molar-refractivity contribution in [3.05, 3.63) is 60.9 Å². The molecule has 0 radical (unpaired) electrons. The Balaban J connectivity index is 1.93. The first-order chi connectivity index (χ1) is 10.6. The van der Waals surface area contributed by atoms with Gasteiger partial charge >= 0.3 is 0 Å². The van der Waals surface area contributed by atoms with Crippen molar-refractivity contribution in [3.8, 4) is 5.69 Å². The minimum Gasteiger partial charge on any atom is -0.280 e. The molecule has 0 saturated carbocycles. The summed E-state index contributed by atoms with van der Waals surface area (Å²) in [4.78, 5) is 0.208. The van der Waals surface area contributed by atoms with E-state index in [-0.39, 0.29) is 4.90 Å². The van der Waals surface area contributed by atoms with Crippen molar-refractivity contribution in [1.29, 1.82) is 0 Å². The topological polar surface area (TPSA) is 76.9 Å². The molecule has 3 aromatic rings. The highest BCUT2D eigenvalue weighted by Crippen LogP contribution is 2.20. The lowest BCUT2D eigenvalue weighted by Crippen LogP contribution is -2.13. The number of hydrogen-bond donors (Lipinski definition) is 2. The summed E-state index contributed by atoms with van der Waals surface area (Å²) in [5.41, 5.74) is 1.16. The van der Waals surface area contributed by atoms with Gasteiger partial charge in [-0.15, -0.1) is 22.8 Å². The van der Waals surface area contributed by atoms with Crippen molar-refractivity contribution in [2.45, 2.75) is 10.1 Å². The Morgan fingerprint density at radius 3 is 2.50 bits per heavy atom. The van der Waals surface area contributed by atoms with E-state index in [9.17, 15) is 8.42 Å². The van der Waals surface area contributed by atoms with Gasteiger partial charge in [0.15, 0.2) is 5.16 Å². The zero-order chi connectivity index (χ0) is 15.6. The van der Waals surface area contributed by atoms with E-state index in [1.165, 1.54) is 18.5 Å². The van der Waals surface area contributed by atoms with Gasteiger partial charge in [0.1, 0.15) is 6.33 Å². The van der Waals surface area contributed by atoms with Crippen LogP contribution in [0.1, 0.15) is 0 Å². The molecule has 1 aromatic heterocycles. The van der Waals surface area contributed by atoms with E-state index in [0.717, 1.165) is 0 Å². The van der Waals surface area contributed by atoms with E-state index >= 15 is 0 Å². The molecule has 0 fully saturated rings. The van der Waals surface area contributed by atoms with E-state index < -0.39 is 10.0 Å². The van der Waals surface area contributed by atoms with Gasteiger partial charge in [0.2, 0.25) is 0 Å². The monoisotopic (exact) mass is 332 g/mol. The maximum atomic E-state index is 12.3. The summed E-state index contributed by atoms with van der Waals surface area (Å²) in [6.07, 6.45) is 1.51. The Morgan fingerprint density at radius 2 is 1.82 bits per heavy atom. The van der Waals surface area contributed by atoms with Crippen LogP contribution in [-0.2, 0) is 10.0 Å². The van der Waals surface area contributed by atoms with Crippen molar-refractivity contribution >= 4 is 28.3 Å². The number of hydrogen-bond acceptors (Lipinski definition) is 5. The number of aromatic nitrogens is 3. The lowest BCUT2D eigenvalue weighted by Gasteiger charge is -2.10. The van der Waals surface area contributed by atoms with Crippen LogP contribution in [0.2, 0.25) is 0 Å². The van der Waals surface area contributed by atoms with Gasteiger partial charge in [-0.3, -0.25) is 9.29 Å². The van der Waals surface area contributed by atoms with Gasteiger partial charge in [-0.1, -0.05) is 24.3 Å². The number of thiol groups is 1. The average molecular weight is 332 g/mol. The smallest absolute Gasteiger partial charge is 0.261 e. The Bertz CT molecular complexity index is 892. The van der Waals surface area contributed by atoms with Crippen LogP contribution in [0.3, 0.4) is 0 Å². The summed E-state index contributed by atoms with van der Waals surface area (Å²) in [6, 6.07) is 15.1. The molecule has 0 bridgehead atoms. The second kappa shape index (κ2) is 5.82. The SMILES string of the molecule is O=S(=O)(Nc1cccc(-n2cnnc2S)c1)c1ccccc1. The number of rotatable bonds is 4. The fraction of sp³-hybridized carbons (Fsp3) is 0. The summed E-state index contributed by atoms with van der Waals surface area (Å²) in [6.45, 7) is 0. The summed E-state index contributed by atoms with van der Waals surface area (Å²) < 4.78 is 28.8. The first-order valence-electron chi connectivity index (χ1n) is 6.33. The van der Waals surface area contributed by atoms with Crippen LogP contribution < -0.4 is 4.72 Å². The molecule has 0 spiro atoms. The Morgan fingerprint density at radius 1 is 1.05 bits per heavy atom. The molecule has 0 aliphatic heterocycles. The fourth-order valence-corrected chi connectivity index (χ4v) is 3.23. The lowest BCUT2D eigenvalue weighted by molar-refractivity contribution is 0.601. The Hall–Kier alpha value is -2.32. The number of nitrogens with one attached hydrogen (secondary N) is 1. The van der Waals surface area contributed by atoms with Gasteiger partial charge < -0.3 is 0 Å². The zero-order valence-corrected chi connectivity index (χ0v) is 13.0. The molecule has 2 aromatic carbocycles. The molecule has 22 heavy (non-hydrogen) atoms. The van der Waals surface area contributed by atoms with Gasteiger partial charge in [-0.2, -0.15) is 0 Å². The highest BCUT2D eigenvalue weighted by Gasteiger charge is 2.14. The van der Waals surface area contributed by atoms with E-state index in [2.05, 4.69) is 27.5 Å². The zero-order valence-electron chi connectivity index (χ0n) is 11.3. The van der Waals surface area contributed by atoms with Gasteiger partial charge in [-0.25, -0.2) is 8.42 Å². The summed E-state index contributed by atoms with van der Waals surface area (Å²) in [5.74, 6) is 0. The molecule has 6 nitrogen and oxygen atoms in total. The van der Waals surface area contributed by atoms with Crippen molar-refractivity contribution < 1.29 is 8.42 Å². The van der Waals surface area contributed by atoms with E-state index in [1.54, 1.807) is 41.0 Å². The van der Waals surface area contributed by atoms with E-state index in [4.69, 9.17) is 0 Å². The number of benzene rings is 2. The predicted molar refractivity (Wildman–Crippen MR) is 85.9 cm³/mol. The van der Waals surface area contributed by atoms with Gasteiger partial charge in [0.25, 0.3) is 10.0 Å². The van der Waals surface area contributed by atoms with Gasteiger partial charge in [-0.05, 0) is 30.3 Å². The molecule has 3 rings (SSSR count). The van der Waals surface area contributed by atoms with Crippen LogP contribution in [0.4, 0.5) is 5.69 Å². The second-order valence-electron chi connectivity index (χ2n) is 4.47. The number of nitrogens with zero attached hydrogens (tertiary/aromatic N) is 3. The van der Waals surface area contributed by atoms with Gasteiger partial charge in [0, 0.05) is 0 Å². The minimum absolute atomic E-state index is 0.208. The van der Waals surface area contributed by atoms with Crippen LogP contribution in [0, 0.1) is 0 Å². The molecule has 0 saturated heterocycles. The van der Waals surface area contributed by atoms with Crippen LogP contribution >= 0.6 is 12.6 Å². The Labute approximate surface area is 133 Å². The molecule has 0 amide bonds. The molecule has 112 valence electrons. The highest BCUT2D eigenvalue weighted by atomic mass is 32.2. The third-order valence-electron chi connectivity index (χ3n) is 2.96. The van der Waals surface area contributed by atoms with E-state index in [1.807, 2.05) is 6.07 Å². The molecule has 1 heterocycles. The first-order valence-corrected chi connectivity index (χ1v) is 8.26.